The first-order valence-corrected chi connectivity index (χ1v) is 7.88. The van der Waals surface area contributed by atoms with Gasteiger partial charge in [0.15, 0.2) is 5.78 Å². The molecule has 1 atom stereocenters. The van der Waals surface area contributed by atoms with Crippen LogP contribution in [0.15, 0.2) is 46.9 Å². The molecule has 3 heteroatoms. The van der Waals surface area contributed by atoms with Gasteiger partial charge in [0.1, 0.15) is 0 Å². The number of Topliss-reactive ketones (excluding diaryl/α,β-unsaturated/α-hetero) is 1. The van der Waals surface area contributed by atoms with Gasteiger partial charge in [0.25, 0.3) is 0 Å². The van der Waals surface area contributed by atoms with Crippen molar-refractivity contribution < 1.29 is 4.79 Å². The average molecular weight is 350 g/mol. The number of fused-ring (bicyclic) bond motifs is 1. The number of halogens is 2. The third-order valence-corrected chi connectivity index (χ3v) is 4.73. The first-order chi connectivity index (χ1) is 9.65. The second kappa shape index (κ2) is 5.71. The second-order valence-electron chi connectivity index (χ2n) is 5.20. The quantitative estimate of drug-likeness (QED) is 0.690. The minimum Gasteiger partial charge on any atom is -0.294 e. The molecule has 0 heterocycles. The van der Waals surface area contributed by atoms with Gasteiger partial charge in [-0.25, -0.2) is 0 Å². The molecule has 0 N–H and O–H groups in total. The zero-order valence-electron chi connectivity index (χ0n) is 10.9. The lowest BCUT2D eigenvalue weighted by atomic mass is 9.80. The molecular weight excluding hydrogens is 336 g/mol. The third-order valence-electron chi connectivity index (χ3n) is 3.91. The monoisotopic (exact) mass is 348 g/mol. The van der Waals surface area contributed by atoms with E-state index in [1.165, 1.54) is 11.1 Å². The summed E-state index contributed by atoms with van der Waals surface area (Å²) in [5, 5.41) is 0.539. The molecule has 102 valence electrons. The van der Waals surface area contributed by atoms with Crippen LogP contribution in [-0.2, 0) is 12.8 Å². The third kappa shape index (κ3) is 2.68. The van der Waals surface area contributed by atoms with E-state index in [0.29, 0.717) is 10.6 Å². The number of hydrogen-bond donors (Lipinski definition) is 0. The van der Waals surface area contributed by atoms with Crippen molar-refractivity contribution in [3.05, 3.63) is 68.7 Å². The molecule has 0 aliphatic heterocycles. The Bertz CT molecular complexity index is 666. The van der Waals surface area contributed by atoms with Crippen molar-refractivity contribution in [3.8, 4) is 0 Å². The van der Waals surface area contributed by atoms with E-state index in [9.17, 15) is 4.79 Å². The van der Waals surface area contributed by atoms with Crippen LogP contribution in [0.1, 0.15) is 27.9 Å². The minimum atomic E-state index is 0.0386. The molecule has 1 aliphatic rings. The van der Waals surface area contributed by atoms with Gasteiger partial charge in [-0.3, -0.25) is 4.79 Å². The Morgan fingerprint density at radius 3 is 2.70 bits per heavy atom. The molecule has 3 rings (SSSR count). The molecule has 0 amide bonds. The summed E-state index contributed by atoms with van der Waals surface area (Å²) in [6.07, 6.45) is 2.69. The average Bonchev–Trinajstić information content (AvgIpc) is 2.48. The molecule has 1 nitrogen and oxygen atoms in total. The Hall–Kier alpha value is -1.12. The second-order valence-corrected chi connectivity index (χ2v) is 6.52. The first kappa shape index (κ1) is 13.8. The summed E-state index contributed by atoms with van der Waals surface area (Å²) in [6.45, 7) is 0. The summed E-state index contributed by atoms with van der Waals surface area (Å²) in [7, 11) is 0. The highest BCUT2D eigenvalue weighted by Gasteiger charge is 2.26. The Morgan fingerprint density at radius 2 is 1.90 bits per heavy atom. The summed E-state index contributed by atoms with van der Waals surface area (Å²) in [6, 6.07) is 13.8. The van der Waals surface area contributed by atoms with Crippen molar-refractivity contribution in [1.82, 2.24) is 0 Å². The Labute approximate surface area is 132 Å². The molecule has 1 unspecified atom stereocenters. The molecule has 0 spiro atoms. The Balaban J connectivity index is 1.88. The van der Waals surface area contributed by atoms with Crippen molar-refractivity contribution in [2.24, 2.45) is 5.92 Å². The van der Waals surface area contributed by atoms with Gasteiger partial charge in [0, 0.05) is 16.0 Å². The molecule has 2 aromatic carbocycles. The number of ketones is 1. The molecule has 0 saturated heterocycles. The van der Waals surface area contributed by atoms with E-state index in [2.05, 4.69) is 34.1 Å². The summed E-state index contributed by atoms with van der Waals surface area (Å²) in [4.78, 5) is 12.7. The first-order valence-electron chi connectivity index (χ1n) is 6.71. The predicted molar refractivity (Wildman–Crippen MR) is 85.4 cm³/mol. The topological polar surface area (TPSA) is 17.1 Å². The SMILES string of the molecule is O=C(c1cc(Br)ccc1Cl)C1CCc2ccccc2C1. The largest absolute Gasteiger partial charge is 0.294 e. The smallest absolute Gasteiger partial charge is 0.167 e. The van der Waals surface area contributed by atoms with Crippen LogP contribution < -0.4 is 0 Å². The van der Waals surface area contributed by atoms with Crippen LogP contribution in [0.4, 0.5) is 0 Å². The highest BCUT2D eigenvalue weighted by molar-refractivity contribution is 9.10. The minimum absolute atomic E-state index is 0.0386. The van der Waals surface area contributed by atoms with Crippen molar-refractivity contribution in [2.45, 2.75) is 19.3 Å². The fourth-order valence-corrected chi connectivity index (χ4v) is 3.40. The van der Waals surface area contributed by atoms with Gasteiger partial charge < -0.3 is 0 Å². The van der Waals surface area contributed by atoms with Gasteiger partial charge in [-0.05, 0) is 48.6 Å². The predicted octanol–water partition coefficient (Wildman–Crippen LogP) is 5.09. The van der Waals surface area contributed by atoms with Gasteiger partial charge >= 0.3 is 0 Å². The van der Waals surface area contributed by atoms with Crippen LogP contribution in [0.5, 0.6) is 0 Å². The maximum absolute atomic E-state index is 12.7. The van der Waals surface area contributed by atoms with Crippen molar-refractivity contribution in [3.63, 3.8) is 0 Å². The Kier molecular flexibility index (Phi) is 3.95. The fourth-order valence-electron chi connectivity index (χ4n) is 2.83. The standard InChI is InChI=1S/C17H14BrClO/c18-14-7-8-16(19)15(10-14)17(20)13-6-5-11-3-1-2-4-12(11)9-13/h1-4,7-8,10,13H,5-6,9H2. The molecule has 20 heavy (non-hydrogen) atoms. The normalized spacial score (nSPS) is 17.6. The molecule has 1 aliphatic carbocycles. The highest BCUT2D eigenvalue weighted by Crippen LogP contribution is 2.30. The summed E-state index contributed by atoms with van der Waals surface area (Å²) in [5.74, 6) is 0.197. The molecule has 0 aromatic heterocycles. The van der Waals surface area contributed by atoms with E-state index in [1.807, 2.05) is 18.2 Å². The van der Waals surface area contributed by atoms with E-state index < -0.39 is 0 Å². The number of rotatable bonds is 2. The van der Waals surface area contributed by atoms with E-state index >= 15 is 0 Å². The van der Waals surface area contributed by atoms with E-state index in [-0.39, 0.29) is 11.7 Å². The van der Waals surface area contributed by atoms with Gasteiger partial charge in [-0.2, -0.15) is 0 Å². The number of aryl methyl sites for hydroxylation is 1. The molecule has 0 saturated carbocycles. The molecule has 0 radical (unpaired) electrons. The van der Waals surface area contributed by atoms with Gasteiger partial charge in [-0.1, -0.05) is 51.8 Å². The fraction of sp³-hybridized carbons (Fsp3) is 0.235. The van der Waals surface area contributed by atoms with Crippen LogP contribution in [-0.4, -0.2) is 5.78 Å². The number of carbonyl (C=O) groups is 1. The highest BCUT2D eigenvalue weighted by atomic mass is 79.9. The Morgan fingerprint density at radius 1 is 1.15 bits per heavy atom. The number of hydrogen-bond acceptors (Lipinski definition) is 1. The van der Waals surface area contributed by atoms with E-state index in [1.54, 1.807) is 6.07 Å². The van der Waals surface area contributed by atoms with Crippen LogP contribution in [0, 0.1) is 5.92 Å². The zero-order valence-corrected chi connectivity index (χ0v) is 13.2. The maximum atomic E-state index is 12.7. The summed E-state index contributed by atoms with van der Waals surface area (Å²) < 4.78 is 0.890. The lowest BCUT2D eigenvalue weighted by Gasteiger charge is -2.23. The summed E-state index contributed by atoms with van der Waals surface area (Å²) >= 11 is 9.57. The van der Waals surface area contributed by atoms with Crippen molar-refractivity contribution in [2.75, 3.05) is 0 Å². The van der Waals surface area contributed by atoms with Crippen LogP contribution >= 0.6 is 27.5 Å². The summed E-state index contributed by atoms with van der Waals surface area (Å²) in [5.41, 5.74) is 3.30. The molecule has 2 aromatic rings. The zero-order chi connectivity index (χ0) is 14.1. The van der Waals surface area contributed by atoms with Crippen LogP contribution in [0.3, 0.4) is 0 Å². The van der Waals surface area contributed by atoms with E-state index in [0.717, 1.165) is 23.7 Å². The lowest BCUT2D eigenvalue weighted by Crippen LogP contribution is -2.23. The number of carbonyl (C=O) groups excluding carboxylic acids is 1. The van der Waals surface area contributed by atoms with Crippen molar-refractivity contribution in [1.29, 1.82) is 0 Å². The van der Waals surface area contributed by atoms with Crippen molar-refractivity contribution >= 4 is 33.3 Å². The molecule has 0 bridgehead atoms. The molecular formula is C17H14BrClO. The van der Waals surface area contributed by atoms with Gasteiger partial charge in [-0.15, -0.1) is 0 Å². The van der Waals surface area contributed by atoms with Crippen LogP contribution in [0.25, 0.3) is 0 Å². The van der Waals surface area contributed by atoms with E-state index in [4.69, 9.17) is 11.6 Å². The number of benzene rings is 2. The van der Waals surface area contributed by atoms with Gasteiger partial charge in [0.2, 0.25) is 0 Å². The lowest BCUT2D eigenvalue weighted by molar-refractivity contribution is 0.0909. The van der Waals surface area contributed by atoms with Crippen LogP contribution in [0.2, 0.25) is 5.02 Å². The molecule has 0 fully saturated rings. The maximum Gasteiger partial charge on any atom is 0.167 e. The van der Waals surface area contributed by atoms with Gasteiger partial charge in [0.05, 0.1) is 5.02 Å².